The molecule has 1 aromatic heterocycles. The van der Waals surface area contributed by atoms with Crippen molar-refractivity contribution < 1.29 is 19.0 Å². The molecule has 0 fully saturated rings. The second-order valence-electron chi connectivity index (χ2n) is 5.30. The molecule has 0 unspecified atom stereocenters. The Morgan fingerprint density at radius 1 is 1.25 bits per heavy atom. The summed E-state index contributed by atoms with van der Waals surface area (Å²) in [6, 6.07) is 12.6. The number of carboxylic acid groups (broad SMARTS) is 1. The summed E-state index contributed by atoms with van der Waals surface area (Å²) in [4.78, 5) is 11.1. The van der Waals surface area contributed by atoms with Crippen LogP contribution in [-0.2, 0) is 6.61 Å². The second kappa shape index (κ2) is 6.54. The third kappa shape index (κ3) is 3.27. The number of nitrogens with zero attached hydrogens (tertiary/aromatic N) is 2. The number of aryl methyl sites for hydroxylation is 1. The summed E-state index contributed by atoms with van der Waals surface area (Å²) in [6.07, 6.45) is 1.57. The third-order valence-electron chi connectivity index (χ3n) is 3.63. The molecule has 1 heterocycles. The lowest BCUT2D eigenvalue weighted by Gasteiger charge is -2.11. The number of ether oxygens (including phenoxy) is 1. The largest absolute Gasteiger partial charge is 0.478 e. The Bertz CT molecular complexity index is 889. The van der Waals surface area contributed by atoms with E-state index in [1.165, 1.54) is 28.9 Å². The maximum absolute atomic E-state index is 13.1. The lowest BCUT2D eigenvalue weighted by Crippen LogP contribution is -2.05. The number of halogens is 1. The average Bonchev–Trinajstić information content (AvgIpc) is 3.02. The lowest BCUT2D eigenvalue weighted by molar-refractivity contribution is 0.0697. The molecule has 5 nitrogen and oxygen atoms in total. The van der Waals surface area contributed by atoms with Crippen molar-refractivity contribution in [2.24, 2.45) is 0 Å². The van der Waals surface area contributed by atoms with Crippen LogP contribution < -0.4 is 4.74 Å². The van der Waals surface area contributed by atoms with Crippen molar-refractivity contribution in [1.82, 2.24) is 9.78 Å². The van der Waals surface area contributed by atoms with Gasteiger partial charge in [-0.15, -0.1) is 0 Å². The number of hydrogen-bond acceptors (Lipinski definition) is 3. The standard InChI is InChI=1S/C18H15FN2O3/c1-12-9-15(19)6-5-14(12)11-24-17-7-8-20-21(17)16-4-2-3-13(10-16)18(22)23/h2-10H,11H2,1H3,(H,22,23). The van der Waals surface area contributed by atoms with Crippen LogP contribution in [0.25, 0.3) is 5.69 Å². The van der Waals surface area contributed by atoms with Gasteiger partial charge in [-0.3, -0.25) is 0 Å². The van der Waals surface area contributed by atoms with Gasteiger partial charge in [-0.2, -0.15) is 5.10 Å². The molecule has 0 aliphatic heterocycles. The van der Waals surface area contributed by atoms with Crippen LogP contribution in [0.5, 0.6) is 5.88 Å². The summed E-state index contributed by atoms with van der Waals surface area (Å²) in [5, 5.41) is 13.3. The fourth-order valence-electron chi connectivity index (χ4n) is 2.34. The van der Waals surface area contributed by atoms with Crippen LogP contribution in [0.3, 0.4) is 0 Å². The minimum atomic E-state index is -1.01. The highest BCUT2D eigenvalue weighted by molar-refractivity contribution is 5.88. The molecule has 0 aliphatic rings. The van der Waals surface area contributed by atoms with Crippen molar-refractivity contribution in [1.29, 1.82) is 0 Å². The number of hydrogen-bond donors (Lipinski definition) is 1. The van der Waals surface area contributed by atoms with Gasteiger partial charge in [0.25, 0.3) is 0 Å². The van der Waals surface area contributed by atoms with Crippen molar-refractivity contribution in [3.05, 3.63) is 77.2 Å². The molecular formula is C18H15FN2O3. The molecule has 6 heteroatoms. The lowest BCUT2D eigenvalue weighted by atomic mass is 10.1. The van der Waals surface area contributed by atoms with Gasteiger partial charge in [0.2, 0.25) is 5.88 Å². The molecule has 2 aromatic carbocycles. The van der Waals surface area contributed by atoms with E-state index in [9.17, 15) is 9.18 Å². The number of aromatic carboxylic acids is 1. The molecule has 1 N–H and O–H groups in total. The van der Waals surface area contributed by atoms with E-state index in [1.807, 2.05) is 6.92 Å². The van der Waals surface area contributed by atoms with Crippen LogP contribution >= 0.6 is 0 Å². The van der Waals surface area contributed by atoms with E-state index >= 15 is 0 Å². The van der Waals surface area contributed by atoms with Crippen LogP contribution in [0, 0.1) is 12.7 Å². The average molecular weight is 326 g/mol. The maximum Gasteiger partial charge on any atom is 0.335 e. The summed E-state index contributed by atoms with van der Waals surface area (Å²) in [7, 11) is 0. The van der Waals surface area contributed by atoms with E-state index in [0.717, 1.165) is 11.1 Å². The fourth-order valence-corrected chi connectivity index (χ4v) is 2.34. The van der Waals surface area contributed by atoms with E-state index in [4.69, 9.17) is 9.84 Å². The quantitative estimate of drug-likeness (QED) is 0.778. The number of rotatable bonds is 5. The monoisotopic (exact) mass is 326 g/mol. The SMILES string of the molecule is Cc1cc(F)ccc1COc1ccnn1-c1cccc(C(=O)O)c1. The molecule has 0 bridgehead atoms. The Kier molecular flexibility index (Phi) is 4.29. The number of carbonyl (C=O) groups is 1. The van der Waals surface area contributed by atoms with Gasteiger partial charge < -0.3 is 9.84 Å². The van der Waals surface area contributed by atoms with E-state index in [-0.39, 0.29) is 18.0 Å². The number of benzene rings is 2. The fraction of sp³-hybridized carbons (Fsp3) is 0.111. The van der Waals surface area contributed by atoms with E-state index in [2.05, 4.69) is 5.10 Å². The van der Waals surface area contributed by atoms with Gasteiger partial charge >= 0.3 is 5.97 Å². The molecule has 0 radical (unpaired) electrons. The minimum Gasteiger partial charge on any atom is -0.478 e. The Morgan fingerprint density at radius 3 is 2.83 bits per heavy atom. The molecule has 24 heavy (non-hydrogen) atoms. The van der Waals surface area contributed by atoms with E-state index in [0.29, 0.717) is 11.6 Å². The minimum absolute atomic E-state index is 0.170. The molecule has 3 rings (SSSR count). The molecule has 122 valence electrons. The Hall–Kier alpha value is -3.15. The van der Waals surface area contributed by atoms with Crippen molar-refractivity contribution in [3.63, 3.8) is 0 Å². The molecule has 0 saturated heterocycles. The normalized spacial score (nSPS) is 10.6. The van der Waals surface area contributed by atoms with Crippen molar-refractivity contribution in [3.8, 4) is 11.6 Å². The van der Waals surface area contributed by atoms with Gasteiger partial charge in [-0.05, 0) is 48.4 Å². The highest BCUT2D eigenvalue weighted by Gasteiger charge is 2.10. The van der Waals surface area contributed by atoms with Crippen LogP contribution in [-0.4, -0.2) is 20.9 Å². The molecule has 0 aliphatic carbocycles. The summed E-state index contributed by atoms with van der Waals surface area (Å²) in [5.74, 6) is -0.818. The molecule has 3 aromatic rings. The van der Waals surface area contributed by atoms with Crippen molar-refractivity contribution in [2.45, 2.75) is 13.5 Å². The molecule has 0 atom stereocenters. The molecular weight excluding hydrogens is 311 g/mol. The van der Waals surface area contributed by atoms with Crippen LogP contribution in [0.1, 0.15) is 21.5 Å². The molecule has 0 spiro atoms. The van der Waals surface area contributed by atoms with Crippen LogP contribution in [0.2, 0.25) is 0 Å². The number of carboxylic acids is 1. The summed E-state index contributed by atoms with van der Waals surface area (Å²) >= 11 is 0. The van der Waals surface area contributed by atoms with Gasteiger partial charge in [-0.25, -0.2) is 13.9 Å². The van der Waals surface area contributed by atoms with Crippen LogP contribution in [0.4, 0.5) is 4.39 Å². The van der Waals surface area contributed by atoms with Crippen LogP contribution in [0.15, 0.2) is 54.7 Å². The predicted molar refractivity (Wildman–Crippen MR) is 86.0 cm³/mol. The molecule has 0 amide bonds. The molecule has 0 saturated carbocycles. The maximum atomic E-state index is 13.1. The predicted octanol–water partition coefficient (Wildman–Crippen LogP) is 3.60. The third-order valence-corrected chi connectivity index (χ3v) is 3.63. The highest BCUT2D eigenvalue weighted by Crippen LogP contribution is 2.20. The zero-order valence-corrected chi connectivity index (χ0v) is 12.9. The first kappa shape index (κ1) is 15.7. The smallest absolute Gasteiger partial charge is 0.335 e. The highest BCUT2D eigenvalue weighted by atomic mass is 19.1. The first-order valence-corrected chi connectivity index (χ1v) is 7.30. The summed E-state index contributed by atoms with van der Waals surface area (Å²) in [5.41, 5.74) is 2.42. The van der Waals surface area contributed by atoms with Gasteiger partial charge in [0, 0.05) is 6.07 Å². The Balaban J connectivity index is 1.83. The van der Waals surface area contributed by atoms with Gasteiger partial charge in [-0.1, -0.05) is 12.1 Å². The van der Waals surface area contributed by atoms with Gasteiger partial charge in [0.15, 0.2) is 0 Å². The first-order chi connectivity index (χ1) is 11.5. The first-order valence-electron chi connectivity index (χ1n) is 7.30. The Labute approximate surface area is 137 Å². The number of aromatic nitrogens is 2. The van der Waals surface area contributed by atoms with E-state index < -0.39 is 5.97 Å². The zero-order valence-electron chi connectivity index (χ0n) is 12.9. The topological polar surface area (TPSA) is 64.4 Å². The van der Waals surface area contributed by atoms with E-state index in [1.54, 1.807) is 30.5 Å². The van der Waals surface area contributed by atoms with Crippen molar-refractivity contribution in [2.75, 3.05) is 0 Å². The second-order valence-corrected chi connectivity index (χ2v) is 5.30. The van der Waals surface area contributed by atoms with Gasteiger partial charge in [0.1, 0.15) is 12.4 Å². The zero-order chi connectivity index (χ0) is 17.1. The summed E-state index contributed by atoms with van der Waals surface area (Å²) in [6.45, 7) is 2.08. The summed E-state index contributed by atoms with van der Waals surface area (Å²) < 4.78 is 20.4. The van der Waals surface area contributed by atoms with Gasteiger partial charge in [0.05, 0.1) is 17.4 Å². The van der Waals surface area contributed by atoms with Crippen molar-refractivity contribution >= 4 is 5.97 Å². The Morgan fingerprint density at radius 2 is 2.08 bits per heavy atom.